The lowest BCUT2D eigenvalue weighted by Gasteiger charge is -2.24. The van der Waals surface area contributed by atoms with Crippen LogP contribution in [0.4, 0.5) is 10.1 Å². The summed E-state index contributed by atoms with van der Waals surface area (Å²) in [6, 6.07) is 5.73. The molecule has 1 aromatic rings. The maximum absolute atomic E-state index is 13.3. The van der Waals surface area contributed by atoms with Gasteiger partial charge in [0.15, 0.2) is 0 Å². The monoisotopic (exact) mass is 225 g/mol. The lowest BCUT2D eigenvalue weighted by atomic mass is 10.1. The standard InChI is InChI=1S/C12H16FNS/c1-9-11(13)5-2-6-12(9)14-10-4-3-7-15-8-10/h2,5-6,10,14H,3-4,7-8H2,1H3. The highest BCUT2D eigenvalue weighted by atomic mass is 32.2. The van der Waals surface area contributed by atoms with E-state index in [4.69, 9.17) is 0 Å². The third-order valence-electron chi connectivity index (χ3n) is 2.79. The Morgan fingerprint density at radius 1 is 1.47 bits per heavy atom. The first kappa shape index (κ1) is 10.8. The Morgan fingerprint density at radius 2 is 2.33 bits per heavy atom. The fourth-order valence-corrected chi connectivity index (χ4v) is 2.91. The maximum Gasteiger partial charge on any atom is 0.128 e. The van der Waals surface area contributed by atoms with E-state index in [0.29, 0.717) is 6.04 Å². The summed E-state index contributed by atoms with van der Waals surface area (Å²) < 4.78 is 13.3. The zero-order valence-electron chi connectivity index (χ0n) is 8.92. The van der Waals surface area contributed by atoms with Crippen molar-refractivity contribution in [2.75, 3.05) is 16.8 Å². The smallest absolute Gasteiger partial charge is 0.128 e. The molecule has 0 bridgehead atoms. The van der Waals surface area contributed by atoms with Crippen molar-refractivity contribution >= 4 is 17.4 Å². The van der Waals surface area contributed by atoms with Gasteiger partial charge in [0.05, 0.1) is 0 Å². The van der Waals surface area contributed by atoms with Gasteiger partial charge in [0.1, 0.15) is 5.82 Å². The molecule has 1 nitrogen and oxygen atoms in total. The second-order valence-corrected chi connectivity index (χ2v) is 5.12. The van der Waals surface area contributed by atoms with Gasteiger partial charge in [0.2, 0.25) is 0 Å². The summed E-state index contributed by atoms with van der Waals surface area (Å²) in [7, 11) is 0. The van der Waals surface area contributed by atoms with E-state index in [0.717, 1.165) is 17.0 Å². The van der Waals surface area contributed by atoms with Crippen LogP contribution in [0.2, 0.25) is 0 Å². The Hall–Kier alpha value is -0.700. The van der Waals surface area contributed by atoms with E-state index in [9.17, 15) is 4.39 Å². The van der Waals surface area contributed by atoms with Crippen LogP contribution in [0, 0.1) is 12.7 Å². The van der Waals surface area contributed by atoms with Gasteiger partial charge in [-0.3, -0.25) is 0 Å². The molecule has 1 aliphatic heterocycles. The van der Waals surface area contributed by atoms with Gasteiger partial charge in [-0.1, -0.05) is 6.07 Å². The summed E-state index contributed by atoms with van der Waals surface area (Å²) in [5.41, 5.74) is 1.68. The van der Waals surface area contributed by atoms with Crippen molar-refractivity contribution in [2.45, 2.75) is 25.8 Å². The highest BCUT2D eigenvalue weighted by Gasteiger charge is 2.14. The predicted molar refractivity (Wildman–Crippen MR) is 65.1 cm³/mol. The number of hydrogen-bond donors (Lipinski definition) is 1. The Morgan fingerprint density at radius 3 is 3.07 bits per heavy atom. The minimum absolute atomic E-state index is 0.122. The molecule has 0 spiro atoms. The number of halogens is 1. The molecule has 1 aromatic carbocycles. The summed E-state index contributed by atoms with van der Waals surface area (Å²) >= 11 is 1.98. The van der Waals surface area contributed by atoms with E-state index in [-0.39, 0.29) is 5.82 Å². The van der Waals surface area contributed by atoms with E-state index in [1.807, 2.05) is 24.8 Å². The second kappa shape index (κ2) is 4.88. The first-order valence-electron chi connectivity index (χ1n) is 5.37. The molecule has 0 aromatic heterocycles. The van der Waals surface area contributed by atoms with E-state index >= 15 is 0 Å². The molecular weight excluding hydrogens is 209 g/mol. The number of rotatable bonds is 2. The molecule has 1 saturated heterocycles. The van der Waals surface area contributed by atoms with Crippen LogP contribution in [0.5, 0.6) is 0 Å². The van der Waals surface area contributed by atoms with Gasteiger partial charge in [-0.05, 0) is 37.7 Å². The number of anilines is 1. The molecule has 3 heteroatoms. The SMILES string of the molecule is Cc1c(F)cccc1NC1CCCSC1. The van der Waals surface area contributed by atoms with Gasteiger partial charge in [0, 0.05) is 23.0 Å². The molecule has 1 fully saturated rings. The zero-order valence-corrected chi connectivity index (χ0v) is 9.74. The van der Waals surface area contributed by atoms with Crippen LogP contribution in [0.15, 0.2) is 18.2 Å². The van der Waals surface area contributed by atoms with Crippen molar-refractivity contribution in [3.63, 3.8) is 0 Å². The molecule has 2 rings (SSSR count). The highest BCUT2D eigenvalue weighted by Crippen LogP contribution is 2.23. The number of nitrogens with one attached hydrogen (secondary N) is 1. The topological polar surface area (TPSA) is 12.0 Å². The minimum atomic E-state index is -0.122. The van der Waals surface area contributed by atoms with Gasteiger partial charge in [-0.2, -0.15) is 11.8 Å². The summed E-state index contributed by atoms with van der Waals surface area (Å²) in [6.45, 7) is 1.83. The molecule has 1 unspecified atom stereocenters. The third-order valence-corrected chi connectivity index (χ3v) is 4.00. The first-order valence-corrected chi connectivity index (χ1v) is 6.52. The quantitative estimate of drug-likeness (QED) is 0.827. The van der Waals surface area contributed by atoms with Crippen LogP contribution in [0.25, 0.3) is 0 Å². The lowest BCUT2D eigenvalue weighted by Crippen LogP contribution is -2.26. The molecule has 0 radical (unpaired) electrons. The molecule has 1 N–H and O–H groups in total. The molecule has 1 heterocycles. The first-order chi connectivity index (χ1) is 7.27. The van der Waals surface area contributed by atoms with E-state index in [2.05, 4.69) is 5.32 Å². The van der Waals surface area contributed by atoms with Crippen molar-refractivity contribution in [1.29, 1.82) is 0 Å². The number of benzene rings is 1. The number of thioether (sulfide) groups is 1. The molecule has 0 aliphatic carbocycles. The normalized spacial score (nSPS) is 21.3. The van der Waals surface area contributed by atoms with Gasteiger partial charge < -0.3 is 5.32 Å². The van der Waals surface area contributed by atoms with Gasteiger partial charge in [-0.15, -0.1) is 0 Å². The lowest BCUT2D eigenvalue weighted by molar-refractivity contribution is 0.617. The Bertz CT molecular complexity index is 334. The third kappa shape index (κ3) is 2.65. The van der Waals surface area contributed by atoms with Crippen LogP contribution in [-0.4, -0.2) is 17.5 Å². The van der Waals surface area contributed by atoms with E-state index in [1.165, 1.54) is 24.7 Å². The molecule has 1 atom stereocenters. The fraction of sp³-hybridized carbons (Fsp3) is 0.500. The van der Waals surface area contributed by atoms with Crippen molar-refractivity contribution in [3.8, 4) is 0 Å². The summed E-state index contributed by atoms with van der Waals surface area (Å²) in [4.78, 5) is 0. The molecule has 82 valence electrons. The maximum atomic E-state index is 13.3. The molecule has 0 amide bonds. The summed E-state index contributed by atoms with van der Waals surface area (Å²) in [5, 5.41) is 3.43. The Labute approximate surface area is 94.5 Å². The second-order valence-electron chi connectivity index (χ2n) is 3.97. The van der Waals surface area contributed by atoms with Crippen LogP contribution in [-0.2, 0) is 0 Å². The van der Waals surface area contributed by atoms with Crippen molar-refractivity contribution in [3.05, 3.63) is 29.6 Å². The van der Waals surface area contributed by atoms with Crippen LogP contribution >= 0.6 is 11.8 Å². The molecule has 0 saturated carbocycles. The average molecular weight is 225 g/mol. The van der Waals surface area contributed by atoms with Crippen LogP contribution < -0.4 is 5.32 Å². The zero-order chi connectivity index (χ0) is 10.7. The van der Waals surface area contributed by atoms with Gasteiger partial charge in [0.25, 0.3) is 0 Å². The molecule has 15 heavy (non-hydrogen) atoms. The summed E-state index contributed by atoms with van der Waals surface area (Å²) in [6.07, 6.45) is 2.46. The van der Waals surface area contributed by atoms with Crippen molar-refractivity contribution in [2.24, 2.45) is 0 Å². The molecular formula is C12H16FNS. The Balaban J connectivity index is 2.06. The fourth-order valence-electron chi connectivity index (χ4n) is 1.84. The molecule has 1 aliphatic rings. The minimum Gasteiger partial charge on any atom is -0.381 e. The van der Waals surface area contributed by atoms with Gasteiger partial charge >= 0.3 is 0 Å². The van der Waals surface area contributed by atoms with Crippen LogP contribution in [0.1, 0.15) is 18.4 Å². The van der Waals surface area contributed by atoms with E-state index < -0.39 is 0 Å². The van der Waals surface area contributed by atoms with E-state index in [1.54, 1.807) is 6.07 Å². The summed E-state index contributed by atoms with van der Waals surface area (Å²) in [5.74, 6) is 2.28. The number of hydrogen-bond acceptors (Lipinski definition) is 2. The largest absolute Gasteiger partial charge is 0.381 e. The predicted octanol–water partition coefficient (Wildman–Crippen LogP) is 3.44. The van der Waals surface area contributed by atoms with Crippen LogP contribution in [0.3, 0.4) is 0 Å². The van der Waals surface area contributed by atoms with Crippen molar-refractivity contribution in [1.82, 2.24) is 0 Å². The average Bonchev–Trinajstić information content (AvgIpc) is 2.26. The Kier molecular flexibility index (Phi) is 3.52. The van der Waals surface area contributed by atoms with Crippen molar-refractivity contribution < 1.29 is 4.39 Å². The van der Waals surface area contributed by atoms with Gasteiger partial charge in [-0.25, -0.2) is 4.39 Å². The highest BCUT2D eigenvalue weighted by molar-refractivity contribution is 7.99.